The molecule has 0 atom stereocenters. The van der Waals surface area contributed by atoms with E-state index in [0.29, 0.717) is 12.4 Å². The second-order valence-electron chi connectivity index (χ2n) is 4.28. The Labute approximate surface area is 107 Å². The van der Waals surface area contributed by atoms with E-state index in [2.05, 4.69) is 0 Å². The minimum atomic E-state index is -0.281. The average molecular weight is 244 g/mol. The molecule has 0 radical (unpaired) electrons. The van der Waals surface area contributed by atoms with E-state index in [9.17, 15) is 4.39 Å². The number of ether oxygens (including phenoxy) is 1. The number of benzene rings is 2. The van der Waals surface area contributed by atoms with Crippen LogP contribution in [-0.2, 0) is 6.42 Å². The van der Waals surface area contributed by atoms with Crippen LogP contribution in [-0.4, -0.2) is 6.61 Å². The van der Waals surface area contributed by atoms with Gasteiger partial charge in [0.1, 0.15) is 0 Å². The van der Waals surface area contributed by atoms with Crippen LogP contribution in [0.5, 0.6) is 5.75 Å². The summed E-state index contributed by atoms with van der Waals surface area (Å²) >= 11 is 0. The standard InChI is InChI=1S/C16H17FO/c1-2-10-18-16-9-8-14(12-15(16)17)11-13-6-4-3-5-7-13/h3-9,12H,2,10-11H2,1H3. The zero-order chi connectivity index (χ0) is 12.8. The van der Waals surface area contributed by atoms with Gasteiger partial charge in [-0.05, 0) is 36.1 Å². The van der Waals surface area contributed by atoms with Gasteiger partial charge in [0.25, 0.3) is 0 Å². The third kappa shape index (κ3) is 3.33. The van der Waals surface area contributed by atoms with Crippen molar-refractivity contribution in [2.24, 2.45) is 0 Å². The average Bonchev–Trinajstić information content (AvgIpc) is 2.39. The molecule has 0 aliphatic rings. The predicted octanol–water partition coefficient (Wildman–Crippen LogP) is 4.21. The summed E-state index contributed by atoms with van der Waals surface area (Å²) in [6.07, 6.45) is 1.62. The van der Waals surface area contributed by atoms with Gasteiger partial charge in [0.2, 0.25) is 0 Å². The van der Waals surface area contributed by atoms with Gasteiger partial charge in [0, 0.05) is 0 Å². The number of rotatable bonds is 5. The molecule has 0 aliphatic carbocycles. The third-order valence-electron chi connectivity index (χ3n) is 2.71. The quantitative estimate of drug-likeness (QED) is 0.765. The normalized spacial score (nSPS) is 10.3. The van der Waals surface area contributed by atoms with Gasteiger partial charge < -0.3 is 4.74 Å². The van der Waals surface area contributed by atoms with Crippen LogP contribution >= 0.6 is 0 Å². The second-order valence-corrected chi connectivity index (χ2v) is 4.28. The van der Waals surface area contributed by atoms with Gasteiger partial charge in [-0.25, -0.2) is 4.39 Å². The Kier molecular flexibility index (Phi) is 4.35. The molecule has 0 unspecified atom stereocenters. The maximum absolute atomic E-state index is 13.8. The number of hydrogen-bond acceptors (Lipinski definition) is 1. The molecule has 0 saturated heterocycles. The minimum Gasteiger partial charge on any atom is -0.491 e. The topological polar surface area (TPSA) is 9.23 Å². The summed E-state index contributed by atoms with van der Waals surface area (Å²) in [7, 11) is 0. The highest BCUT2D eigenvalue weighted by Gasteiger charge is 2.05. The van der Waals surface area contributed by atoms with Crippen LogP contribution in [0, 0.1) is 5.82 Å². The van der Waals surface area contributed by atoms with E-state index in [4.69, 9.17) is 4.74 Å². The molecule has 0 saturated carbocycles. The maximum atomic E-state index is 13.8. The van der Waals surface area contributed by atoms with Crippen molar-refractivity contribution in [1.29, 1.82) is 0 Å². The molecule has 2 heteroatoms. The molecule has 94 valence electrons. The molecule has 0 spiro atoms. The Morgan fingerprint density at radius 2 is 1.78 bits per heavy atom. The molecular weight excluding hydrogens is 227 g/mol. The van der Waals surface area contributed by atoms with Gasteiger partial charge in [0.05, 0.1) is 6.61 Å². The van der Waals surface area contributed by atoms with Crippen molar-refractivity contribution in [3.63, 3.8) is 0 Å². The van der Waals surface area contributed by atoms with E-state index in [1.165, 1.54) is 5.56 Å². The lowest BCUT2D eigenvalue weighted by molar-refractivity contribution is 0.301. The predicted molar refractivity (Wildman–Crippen MR) is 71.4 cm³/mol. The van der Waals surface area contributed by atoms with Crippen molar-refractivity contribution in [1.82, 2.24) is 0 Å². The van der Waals surface area contributed by atoms with Gasteiger partial charge >= 0.3 is 0 Å². The molecule has 0 aliphatic heterocycles. The monoisotopic (exact) mass is 244 g/mol. The first-order valence-electron chi connectivity index (χ1n) is 6.24. The van der Waals surface area contributed by atoms with E-state index in [1.807, 2.05) is 43.3 Å². The molecule has 0 heterocycles. The van der Waals surface area contributed by atoms with Crippen LogP contribution in [0.25, 0.3) is 0 Å². The summed E-state index contributed by atoms with van der Waals surface area (Å²) in [5, 5.41) is 0. The second kappa shape index (κ2) is 6.20. The van der Waals surface area contributed by atoms with Crippen molar-refractivity contribution in [3.8, 4) is 5.75 Å². The van der Waals surface area contributed by atoms with Crippen LogP contribution < -0.4 is 4.74 Å². The minimum absolute atomic E-state index is 0.281. The van der Waals surface area contributed by atoms with Crippen molar-refractivity contribution in [2.75, 3.05) is 6.61 Å². The number of hydrogen-bond donors (Lipinski definition) is 0. The highest BCUT2D eigenvalue weighted by atomic mass is 19.1. The van der Waals surface area contributed by atoms with Gasteiger partial charge in [-0.1, -0.05) is 43.3 Å². The van der Waals surface area contributed by atoms with E-state index in [1.54, 1.807) is 12.1 Å². The Morgan fingerprint density at radius 3 is 2.44 bits per heavy atom. The summed E-state index contributed by atoms with van der Waals surface area (Å²) < 4.78 is 19.1. The maximum Gasteiger partial charge on any atom is 0.165 e. The summed E-state index contributed by atoms with van der Waals surface area (Å²) in [4.78, 5) is 0. The van der Waals surface area contributed by atoms with Crippen LogP contribution in [0.2, 0.25) is 0 Å². The van der Waals surface area contributed by atoms with Crippen molar-refractivity contribution in [2.45, 2.75) is 19.8 Å². The summed E-state index contributed by atoms with van der Waals surface area (Å²) in [5.74, 6) is 0.0607. The molecule has 0 amide bonds. The molecule has 2 rings (SSSR count). The van der Waals surface area contributed by atoms with E-state index < -0.39 is 0 Å². The van der Waals surface area contributed by atoms with Crippen molar-refractivity contribution in [3.05, 3.63) is 65.5 Å². The lowest BCUT2D eigenvalue weighted by Crippen LogP contribution is -1.98. The first-order chi connectivity index (χ1) is 8.79. The van der Waals surface area contributed by atoms with Gasteiger partial charge in [-0.2, -0.15) is 0 Å². The Hall–Kier alpha value is -1.83. The molecular formula is C16H17FO. The van der Waals surface area contributed by atoms with E-state index in [-0.39, 0.29) is 5.82 Å². The van der Waals surface area contributed by atoms with Crippen molar-refractivity contribution >= 4 is 0 Å². The van der Waals surface area contributed by atoms with Crippen LogP contribution in [0.4, 0.5) is 4.39 Å². The number of halogens is 1. The smallest absolute Gasteiger partial charge is 0.165 e. The summed E-state index contributed by atoms with van der Waals surface area (Å²) in [6.45, 7) is 2.55. The van der Waals surface area contributed by atoms with Crippen LogP contribution in [0.3, 0.4) is 0 Å². The molecule has 0 N–H and O–H groups in total. The summed E-state index contributed by atoms with van der Waals surface area (Å²) in [6, 6.07) is 15.2. The lowest BCUT2D eigenvalue weighted by Gasteiger charge is -2.08. The zero-order valence-corrected chi connectivity index (χ0v) is 10.5. The fourth-order valence-corrected chi connectivity index (χ4v) is 1.81. The largest absolute Gasteiger partial charge is 0.491 e. The molecule has 2 aromatic carbocycles. The van der Waals surface area contributed by atoms with Crippen LogP contribution in [0.15, 0.2) is 48.5 Å². The van der Waals surface area contributed by atoms with E-state index >= 15 is 0 Å². The van der Waals surface area contributed by atoms with Gasteiger partial charge in [-0.3, -0.25) is 0 Å². The molecule has 1 nitrogen and oxygen atoms in total. The fraction of sp³-hybridized carbons (Fsp3) is 0.250. The summed E-state index contributed by atoms with van der Waals surface area (Å²) in [5.41, 5.74) is 2.14. The Bertz CT molecular complexity index is 494. The van der Waals surface area contributed by atoms with Crippen molar-refractivity contribution < 1.29 is 9.13 Å². The zero-order valence-electron chi connectivity index (χ0n) is 10.5. The third-order valence-corrected chi connectivity index (χ3v) is 2.71. The Morgan fingerprint density at radius 1 is 1.00 bits per heavy atom. The highest BCUT2D eigenvalue weighted by molar-refractivity contribution is 5.32. The van der Waals surface area contributed by atoms with Gasteiger partial charge in [-0.15, -0.1) is 0 Å². The molecule has 0 fully saturated rings. The SMILES string of the molecule is CCCOc1ccc(Cc2ccccc2)cc1F. The highest BCUT2D eigenvalue weighted by Crippen LogP contribution is 2.20. The van der Waals surface area contributed by atoms with Gasteiger partial charge in [0.15, 0.2) is 11.6 Å². The molecule has 0 aromatic heterocycles. The Balaban J connectivity index is 2.09. The first kappa shape index (κ1) is 12.6. The molecule has 2 aromatic rings. The first-order valence-corrected chi connectivity index (χ1v) is 6.24. The van der Waals surface area contributed by atoms with E-state index in [0.717, 1.165) is 18.4 Å². The lowest BCUT2D eigenvalue weighted by atomic mass is 10.0. The fourth-order valence-electron chi connectivity index (χ4n) is 1.81. The van der Waals surface area contributed by atoms with Crippen LogP contribution in [0.1, 0.15) is 24.5 Å². The molecule has 0 bridgehead atoms. The molecule has 18 heavy (non-hydrogen) atoms.